The molecule has 0 bridgehead atoms. The Morgan fingerprint density at radius 2 is 2.04 bits per heavy atom. The lowest BCUT2D eigenvalue weighted by atomic mass is 10.00. The molecule has 0 saturated heterocycles. The van der Waals surface area contributed by atoms with Gasteiger partial charge in [-0.05, 0) is 37.3 Å². The van der Waals surface area contributed by atoms with E-state index in [1.165, 1.54) is 12.1 Å². The number of hydrogen-bond donors (Lipinski definition) is 1. The number of rotatable bonds is 3. The number of nitrogens with one attached hydrogen (secondary N) is 1. The molecule has 1 aliphatic heterocycles. The summed E-state index contributed by atoms with van der Waals surface area (Å²) in [6, 6.07) is 9.30. The van der Waals surface area contributed by atoms with Crippen LogP contribution in [-0.4, -0.2) is 30.2 Å². The van der Waals surface area contributed by atoms with Crippen LogP contribution in [0.25, 0.3) is 0 Å². The number of carbonyl (C=O) groups excluding carboxylic acids is 2. The molecule has 1 amide bonds. The van der Waals surface area contributed by atoms with Gasteiger partial charge in [-0.1, -0.05) is 23.7 Å². The molecule has 1 heterocycles. The highest BCUT2D eigenvalue weighted by Crippen LogP contribution is 2.28. The van der Waals surface area contributed by atoms with Gasteiger partial charge in [-0.2, -0.15) is 0 Å². The van der Waals surface area contributed by atoms with E-state index in [-0.39, 0.29) is 17.9 Å². The smallest absolute Gasteiger partial charge is 0.340 e. The predicted octanol–water partition coefficient (Wildman–Crippen LogP) is 3.20. The fraction of sp³-hybridized carbons (Fsp3) is 0.167. The van der Waals surface area contributed by atoms with Crippen LogP contribution in [0, 0.1) is 5.82 Å². The van der Waals surface area contributed by atoms with Crippen LogP contribution in [0.3, 0.4) is 0 Å². The maximum Gasteiger partial charge on any atom is 0.340 e. The molecule has 3 rings (SSSR count). The van der Waals surface area contributed by atoms with Gasteiger partial charge in [-0.15, -0.1) is 0 Å². The summed E-state index contributed by atoms with van der Waals surface area (Å²) in [6.45, 7) is 1.73. The third-order valence-corrected chi connectivity index (χ3v) is 3.88. The number of halogens is 2. The second-order valence-electron chi connectivity index (χ2n) is 5.29. The molecule has 7 heteroatoms. The van der Waals surface area contributed by atoms with Crippen molar-refractivity contribution in [1.82, 2.24) is 0 Å². The Hall–Kier alpha value is -2.73. The van der Waals surface area contributed by atoms with Crippen molar-refractivity contribution in [2.45, 2.75) is 13.0 Å². The highest BCUT2D eigenvalue weighted by atomic mass is 35.5. The lowest BCUT2D eigenvalue weighted by molar-refractivity contribution is -0.146. The highest BCUT2D eigenvalue weighted by molar-refractivity contribution is 6.32. The largest absolute Gasteiger partial charge is 0.464 e. The van der Waals surface area contributed by atoms with E-state index in [0.717, 1.165) is 0 Å². The van der Waals surface area contributed by atoms with Crippen molar-refractivity contribution in [3.63, 3.8) is 0 Å². The van der Waals surface area contributed by atoms with Crippen LogP contribution in [0.15, 0.2) is 47.5 Å². The van der Waals surface area contributed by atoms with E-state index in [9.17, 15) is 14.0 Å². The topological polar surface area (TPSA) is 67.8 Å². The number of aliphatic imine (C=N–C) groups is 1. The number of fused-ring (bicyclic) bond motifs is 1. The van der Waals surface area contributed by atoms with Crippen LogP contribution >= 0.6 is 11.6 Å². The van der Waals surface area contributed by atoms with Crippen molar-refractivity contribution in [3.05, 3.63) is 64.4 Å². The van der Waals surface area contributed by atoms with Gasteiger partial charge in [0.2, 0.25) is 6.04 Å². The van der Waals surface area contributed by atoms with Gasteiger partial charge in [0, 0.05) is 16.1 Å². The molecular formula is C18H14ClFN2O3. The number of ether oxygens (including phenoxy) is 1. The lowest BCUT2D eigenvalue weighted by Crippen LogP contribution is -2.34. The third kappa shape index (κ3) is 3.39. The first kappa shape index (κ1) is 17.1. The van der Waals surface area contributed by atoms with Gasteiger partial charge in [0.15, 0.2) is 0 Å². The van der Waals surface area contributed by atoms with E-state index in [2.05, 4.69) is 10.3 Å². The molecule has 0 saturated carbocycles. The van der Waals surface area contributed by atoms with Gasteiger partial charge in [0.1, 0.15) is 5.82 Å². The van der Waals surface area contributed by atoms with Crippen LogP contribution in [0.1, 0.15) is 18.1 Å². The van der Waals surface area contributed by atoms with Gasteiger partial charge in [0.25, 0.3) is 5.91 Å². The quantitative estimate of drug-likeness (QED) is 0.675. The predicted molar refractivity (Wildman–Crippen MR) is 92.5 cm³/mol. The number of benzene rings is 2. The lowest BCUT2D eigenvalue weighted by Gasteiger charge is -2.11. The molecule has 2 aromatic rings. The van der Waals surface area contributed by atoms with E-state index in [4.69, 9.17) is 16.3 Å². The molecule has 0 aliphatic carbocycles. The van der Waals surface area contributed by atoms with E-state index >= 15 is 0 Å². The van der Waals surface area contributed by atoms with Crippen molar-refractivity contribution in [2.75, 3.05) is 11.9 Å². The molecule has 0 spiro atoms. The summed E-state index contributed by atoms with van der Waals surface area (Å²) in [7, 11) is 0. The monoisotopic (exact) mass is 360 g/mol. The third-order valence-electron chi connectivity index (χ3n) is 3.64. The summed E-state index contributed by atoms with van der Waals surface area (Å²) >= 11 is 6.05. The zero-order valence-corrected chi connectivity index (χ0v) is 14.0. The zero-order valence-electron chi connectivity index (χ0n) is 13.3. The number of esters is 1. The standard InChI is InChI=1S/C18H14ClFN2O3/c1-2-25-18(24)16-17(23)21-14-8-7-10(19)9-12(14)15(22-16)11-5-3-4-6-13(11)20/h3-9,16H,2H2,1H3,(H,21,23)/t16-/m1/s1. The van der Waals surface area contributed by atoms with Crippen molar-refractivity contribution < 1.29 is 18.7 Å². The fourth-order valence-electron chi connectivity index (χ4n) is 2.53. The minimum absolute atomic E-state index is 0.103. The molecule has 1 N–H and O–H groups in total. The van der Waals surface area contributed by atoms with Gasteiger partial charge in [-0.3, -0.25) is 9.79 Å². The summed E-state index contributed by atoms with van der Waals surface area (Å²) in [6.07, 6.45) is 0. The summed E-state index contributed by atoms with van der Waals surface area (Å²) < 4.78 is 19.3. The molecule has 25 heavy (non-hydrogen) atoms. The number of hydrogen-bond acceptors (Lipinski definition) is 4. The van der Waals surface area contributed by atoms with Crippen molar-refractivity contribution >= 4 is 34.9 Å². The molecule has 0 unspecified atom stereocenters. The van der Waals surface area contributed by atoms with Crippen LogP contribution in [0.4, 0.5) is 10.1 Å². The molecular weight excluding hydrogens is 347 g/mol. The van der Waals surface area contributed by atoms with E-state index in [1.807, 2.05) is 0 Å². The normalized spacial score (nSPS) is 16.4. The second-order valence-corrected chi connectivity index (χ2v) is 5.73. The molecule has 0 radical (unpaired) electrons. The molecule has 0 aromatic heterocycles. The first-order chi connectivity index (χ1) is 12.0. The van der Waals surface area contributed by atoms with Crippen molar-refractivity contribution in [3.8, 4) is 0 Å². The molecule has 2 aromatic carbocycles. The van der Waals surface area contributed by atoms with Crippen LogP contribution < -0.4 is 5.32 Å². The zero-order chi connectivity index (χ0) is 18.0. The van der Waals surface area contributed by atoms with Gasteiger partial charge in [-0.25, -0.2) is 9.18 Å². The summed E-state index contributed by atoms with van der Waals surface area (Å²) in [5.41, 5.74) is 1.14. The molecule has 128 valence electrons. The maximum atomic E-state index is 14.3. The highest BCUT2D eigenvalue weighted by Gasteiger charge is 2.33. The molecule has 0 fully saturated rings. The number of amides is 1. The molecule has 5 nitrogen and oxygen atoms in total. The first-order valence-electron chi connectivity index (χ1n) is 7.61. The minimum atomic E-state index is -1.43. The summed E-state index contributed by atoms with van der Waals surface area (Å²) in [4.78, 5) is 28.7. The Labute approximate surface area is 148 Å². The maximum absolute atomic E-state index is 14.3. The van der Waals surface area contributed by atoms with Crippen LogP contribution in [0.2, 0.25) is 5.02 Å². The second kappa shape index (κ2) is 7.03. The number of nitrogens with zero attached hydrogens (tertiary/aromatic N) is 1. The number of carbonyl (C=O) groups is 2. The Morgan fingerprint density at radius 1 is 1.28 bits per heavy atom. The SMILES string of the molecule is CCOC(=O)[C@@H]1N=C(c2ccccc2F)c2cc(Cl)ccc2NC1=O. The Bertz CT molecular complexity index is 882. The van der Waals surface area contributed by atoms with Gasteiger partial charge < -0.3 is 10.1 Å². The average Bonchev–Trinajstić information content (AvgIpc) is 2.72. The number of anilines is 1. The molecule has 1 atom stereocenters. The van der Waals surface area contributed by atoms with E-state index in [1.54, 1.807) is 37.3 Å². The van der Waals surface area contributed by atoms with Crippen molar-refractivity contribution in [2.24, 2.45) is 4.99 Å². The Balaban J connectivity index is 2.22. The van der Waals surface area contributed by atoms with Gasteiger partial charge in [0.05, 0.1) is 18.0 Å². The Kier molecular flexibility index (Phi) is 4.81. The number of benzodiazepines with no additional fused rings is 1. The van der Waals surface area contributed by atoms with E-state index < -0.39 is 23.7 Å². The Morgan fingerprint density at radius 3 is 2.76 bits per heavy atom. The van der Waals surface area contributed by atoms with Crippen LogP contribution in [-0.2, 0) is 14.3 Å². The summed E-state index contributed by atoms with van der Waals surface area (Å²) in [5.74, 6) is -1.97. The minimum Gasteiger partial charge on any atom is -0.464 e. The molecule has 1 aliphatic rings. The average molecular weight is 361 g/mol. The van der Waals surface area contributed by atoms with Gasteiger partial charge >= 0.3 is 5.97 Å². The first-order valence-corrected chi connectivity index (χ1v) is 7.99. The fourth-order valence-corrected chi connectivity index (χ4v) is 2.70. The summed E-state index contributed by atoms with van der Waals surface area (Å²) in [5, 5.41) is 3.02. The van der Waals surface area contributed by atoms with Crippen LogP contribution in [0.5, 0.6) is 0 Å². The van der Waals surface area contributed by atoms with E-state index in [0.29, 0.717) is 16.3 Å². The van der Waals surface area contributed by atoms with Crippen molar-refractivity contribution in [1.29, 1.82) is 0 Å².